The van der Waals surface area contributed by atoms with Crippen molar-refractivity contribution in [2.75, 3.05) is 4.90 Å². The minimum atomic E-state index is -4.73. The third-order valence-electron chi connectivity index (χ3n) is 3.90. The molecule has 0 aromatic heterocycles. The Balaban J connectivity index is 2.08. The Morgan fingerprint density at radius 1 is 1.10 bits per heavy atom. The number of alkyl halides is 3. The van der Waals surface area contributed by atoms with E-state index in [4.69, 9.17) is 11.6 Å². The van der Waals surface area contributed by atoms with E-state index in [2.05, 4.69) is 15.9 Å². The number of benzene rings is 2. The summed E-state index contributed by atoms with van der Waals surface area (Å²) in [5, 5.41) is 11.1. The summed E-state index contributed by atoms with van der Waals surface area (Å²) in [6.07, 6.45) is -3.61. The zero-order valence-electron chi connectivity index (χ0n) is 14.1. The fourth-order valence-corrected chi connectivity index (χ4v) is 3.11. The molecule has 3 rings (SSSR count). The first-order valence-electron chi connectivity index (χ1n) is 7.76. The third kappa shape index (κ3) is 4.13. The first-order chi connectivity index (χ1) is 13.5. The standard InChI is InChI=1S/C18H9BrClF3N2O4/c19-11-6-8(1-4-14(11)26)5-10-15(27)24-17(29)25(16(10)28)13-7-9(18(21,22)23)2-3-12(13)20/h1-7,26H,(H,24,27,29)/b10-5-. The Morgan fingerprint density at radius 2 is 1.79 bits per heavy atom. The molecular formula is C18H9BrClF3N2O4. The van der Waals surface area contributed by atoms with Crippen LogP contribution in [-0.4, -0.2) is 23.0 Å². The first kappa shape index (κ1) is 20.9. The molecule has 1 heterocycles. The lowest BCUT2D eigenvalue weighted by molar-refractivity contribution is -0.137. The summed E-state index contributed by atoms with van der Waals surface area (Å²) in [5.74, 6) is -2.26. The van der Waals surface area contributed by atoms with E-state index in [0.29, 0.717) is 22.6 Å². The molecule has 1 aliphatic rings. The van der Waals surface area contributed by atoms with Crippen LogP contribution in [0.2, 0.25) is 5.02 Å². The summed E-state index contributed by atoms with van der Waals surface area (Å²) in [6.45, 7) is 0. The molecule has 0 spiro atoms. The number of barbiturate groups is 1. The number of hydrogen-bond acceptors (Lipinski definition) is 4. The van der Waals surface area contributed by atoms with Gasteiger partial charge in [-0.2, -0.15) is 13.2 Å². The average Bonchev–Trinajstić information content (AvgIpc) is 2.62. The van der Waals surface area contributed by atoms with Gasteiger partial charge < -0.3 is 5.11 Å². The summed E-state index contributed by atoms with van der Waals surface area (Å²) in [7, 11) is 0. The van der Waals surface area contributed by atoms with Crippen LogP contribution in [0.3, 0.4) is 0 Å². The molecule has 0 atom stereocenters. The Kier molecular flexibility index (Phi) is 5.42. The van der Waals surface area contributed by atoms with E-state index in [0.717, 1.165) is 12.1 Å². The molecule has 0 aliphatic carbocycles. The Morgan fingerprint density at radius 3 is 2.41 bits per heavy atom. The summed E-state index contributed by atoms with van der Waals surface area (Å²) in [5.41, 5.74) is -1.83. The highest BCUT2D eigenvalue weighted by Crippen LogP contribution is 2.36. The van der Waals surface area contributed by atoms with Gasteiger partial charge in [-0.1, -0.05) is 17.7 Å². The fraction of sp³-hybridized carbons (Fsp3) is 0.0556. The van der Waals surface area contributed by atoms with E-state index in [1.807, 2.05) is 5.32 Å². The number of anilines is 1. The zero-order chi connectivity index (χ0) is 21.5. The van der Waals surface area contributed by atoms with Gasteiger partial charge in [0.15, 0.2) is 0 Å². The topological polar surface area (TPSA) is 86.7 Å². The molecule has 1 aliphatic heterocycles. The van der Waals surface area contributed by atoms with Crippen molar-refractivity contribution < 1.29 is 32.7 Å². The molecule has 0 saturated carbocycles. The maximum absolute atomic E-state index is 13.0. The first-order valence-corrected chi connectivity index (χ1v) is 8.93. The molecule has 1 saturated heterocycles. The van der Waals surface area contributed by atoms with Crippen LogP contribution in [-0.2, 0) is 15.8 Å². The number of nitrogens with zero attached hydrogens (tertiary/aromatic N) is 1. The van der Waals surface area contributed by atoms with Crippen LogP contribution in [0.1, 0.15) is 11.1 Å². The molecule has 2 aromatic rings. The number of hydrogen-bond donors (Lipinski definition) is 2. The van der Waals surface area contributed by atoms with E-state index in [1.54, 1.807) is 0 Å². The van der Waals surface area contributed by atoms with Gasteiger partial charge in [0.1, 0.15) is 11.3 Å². The van der Waals surface area contributed by atoms with Crippen LogP contribution in [0.25, 0.3) is 6.08 Å². The van der Waals surface area contributed by atoms with Gasteiger partial charge in [-0.25, -0.2) is 9.69 Å². The molecule has 0 radical (unpaired) electrons. The lowest BCUT2D eigenvalue weighted by Crippen LogP contribution is -2.54. The largest absolute Gasteiger partial charge is 0.507 e. The van der Waals surface area contributed by atoms with Crippen LogP contribution < -0.4 is 10.2 Å². The van der Waals surface area contributed by atoms with Gasteiger partial charge in [0, 0.05) is 0 Å². The van der Waals surface area contributed by atoms with Crippen molar-refractivity contribution in [3.63, 3.8) is 0 Å². The van der Waals surface area contributed by atoms with Crippen LogP contribution in [0.15, 0.2) is 46.4 Å². The molecule has 11 heteroatoms. The molecule has 0 unspecified atom stereocenters. The molecule has 29 heavy (non-hydrogen) atoms. The predicted octanol–water partition coefficient (Wildman–Crippen LogP) is 4.49. The van der Waals surface area contributed by atoms with E-state index in [-0.39, 0.29) is 15.2 Å². The van der Waals surface area contributed by atoms with Crippen LogP contribution >= 0.6 is 27.5 Å². The number of urea groups is 1. The zero-order valence-corrected chi connectivity index (χ0v) is 16.4. The van der Waals surface area contributed by atoms with Gasteiger partial charge in [-0.3, -0.25) is 14.9 Å². The highest BCUT2D eigenvalue weighted by atomic mass is 79.9. The van der Waals surface area contributed by atoms with Gasteiger partial charge in [0.2, 0.25) is 0 Å². The molecule has 0 bridgehead atoms. The van der Waals surface area contributed by atoms with E-state index >= 15 is 0 Å². The molecule has 4 amide bonds. The van der Waals surface area contributed by atoms with E-state index in [1.165, 1.54) is 18.2 Å². The molecule has 6 nitrogen and oxygen atoms in total. The van der Waals surface area contributed by atoms with Crippen molar-refractivity contribution in [2.45, 2.75) is 6.18 Å². The van der Waals surface area contributed by atoms with Crippen LogP contribution in [0.4, 0.5) is 23.7 Å². The second-order valence-electron chi connectivity index (χ2n) is 5.83. The molecule has 150 valence electrons. The number of phenols is 1. The quantitative estimate of drug-likeness (QED) is 0.481. The number of rotatable bonds is 2. The van der Waals surface area contributed by atoms with Gasteiger partial charge >= 0.3 is 12.2 Å². The highest BCUT2D eigenvalue weighted by molar-refractivity contribution is 9.10. The van der Waals surface area contributed by atoms with Crippen molar-refractivity contribution in [3.8, 4) is 5.75 Å². The number of phenolic OH excluding ortho intramolecular Hbond substituents is 1. The minimum absolute atomic E-state index is 0.0841. The van der Waals surface area contributed by atoms with Crippen molar-refractivity contribution in [1.82, 2.24) is 5.32 Å². The third-order valence-corrected chi connectivity index (χ3v) is 4.85. The number of carbonyl (C=O) groups is 3. The van der Waals surface area contributed by atoms with E-state index in [9.17, 15) is 32.7 Å². The summed E-state index contributed by atoms with van der Waals surface area (Å²) >= 11 is 9.00. The number of nitrogens with one attached hydrogen (secondary N) is 1. The smallest absolute Gasteiger partial charge is 0.416 e. The summed E-state index contributed by atoms with van der Waals surface area (Å²) < 4.78 is 39.3. The highest BCUT2D eigenvalue weighted by Gasteiger charge is 2.39. The van der Waals surface area contributed by atoms with Crippen molar-refractivity contribution in [3.05, 3.63) is 62.6 Å². The fourth-order valence-electron chi connectivity index (χ4n) is 2.52. The molecule has 1 fully saturated rings. The number of carbonyl (C=O) groups excluding carboxylic acids is 3. The number of imide groups is 2. The van der Waals surface area contributed by atoms with Gasteiger partial charge in [-0.05, 0) is 57.9 Å². The second-order valence-corrected chi connectivity index (χ2v) is 7.09. The van der Waals surface area contributed by atoms with Gasteiger partial charge in [0.25, 0.3) is 11.8 Å². The number of halogens is 5. The minimum Gasteiger partial charge on any atom is -0.507 e. The summed E-state index contributed by atoms with van der Waals surface area (Å²) in [6, 6.07) is 5.02. The van der Waals surface area contributed by atoms with Gasteiger partial charge in [0.05, 0.1) is 20.7 Å². The Labute approximate surface area is 174 Å². The maximum atomic E-state index is 13.0. The number of aromatic hydroxyl groups is 1. The maximum Gasteiger partial charge on any atom is 0.416 e. The Bertz CT molecular complexity index is 1090. The SMILES string of the molecule is O=C1NC(=O)N(c2cc(C(F)(F)F)ccc2Cl)C(=O)/C1=C\c1ccc(O)c(Br)c1. The van der Waals surface area contributed by atoms with Crippen molar-refractivity contribution >= 4 is 57.1 Å². The van der Waals surface area contributed by atoms with Crippen LogP contribution in [0.5, 0.6) is 5.75 Å². The van der Waals surface area contributed by atoms with Crippen LogP contribution in [0, 0.1) is 0 Å². The lowest BCUT2D eigenvalue weighted by atomic mass is 10.1. The van der Waals surface area contributed by atoms with Crippen molar-refractivity contribution in [1.29, 1.82) is 0 Å². The average molecular weight is 490 g/mol. The molecule has 2 N–H and O–H groups in total. The summed E-state index contributed by atoms with van der Waals surface area (Å²) in [4.78, 5) is 37.5. The Hall–Kier alpha value is -2.85. The number of amides is 4. The van der Waals surface area contributed by atoms with Crippen molar-refractivity contribution in [2.24, 2.45) is 0 Å². The normalized spacial score (nSPS) is 16.4. The van der Waals surface area contributed by atoms with E-state index < -0.39 is 40.8 Å². The molecular weight excluding hydrogens is 481 g/mol. The monoisotopic (exact) mass is 488 g/mol. The molecule has 2 aromatic carbocycles. The van der Waals surface area contributed by atoms with Gasteiger partial charge in [-0.15, -0.1) is 0 Å². The predicted molar refractivity (Wildman–Crippen MR) is 101 cm³/mol. The second kappa shape index (κ2) is 7.53. The lowest BCUT2D eigenvalue weighted by Gasteiger charge is -2.27.